The number of aromatic nitrogens is 3. The van der Waals surface area contributed by atoms with Gasteiger partial charge in [0.05, 0.1) is 17.0 Å². The summed E-state index contributed by atoms with van der Waals surface area (Å²) in [6, 6.07) is 4.07. The molecule has 1 fully saturated rings. The van der Waals surface area contributed by atoms with Gasteiger partial charge in [-0.25, -0.2) is 4.98 Å². The Labute approximate surface area is 96.5 Å². The smallest absolute Gasteiger partial charge is 0.191 e. The molecule has 0 spiro atoms. The molecule has 0 saturated carbocycles. The Kier molecular flexibility index (Phi) is 2.47. The van der Waals surface area contributed by atoms with Crippen molar-refractivity contribution in [1.29, 1.82) is 0 Å². The highest BCUT2D eigenvalue weighted by molar-refractivity contribution is 7.13. The van der Waals surface area contributed by atoms with Crippen LogP contribution in [0.3, 0.4) is 0 Å². The molecule has 0 amide bonds. The standard InChI is InChI=1S/C10H12N4OS/c15-6-4-7(11-5-6)9-12-10(14-13-9)8-2-1-3-16-8/h1-3,6-7,11,15H,4-5H2,(H,12,13,14)/t6?,7-/m0/s1. The van der Waals surface area contributed by atoms with Gasteiger partial charge >= 0.3 is 0 Å². The molecule has 1 saturated heterocycles. The summed E-state index contributed by atoms with van der Waals surface area (Å²) in [5, 5.41) is 21.7. The number of aromatic amines is 1. The first-order chi connectivity index (χ1) is 7.83. The molecule has 1 unspecified atom stereocenters. The SMILES string of the molecule is OC1CN[C@H](c2nc(-c3cccs3)n[nH]2)C1. The van der Waals surface area contributed by atoms with Crippen molar-refractivity contribution in [3.8, 4) is 10.7 Å². The lowest BCUT2D eigenvalue weighted by molar-refractivity contribution is 0.193. The van der Waals surface area contributed by atoms with Gasteiger partial charge in [-0.2, -0.15) is 5.10 Å². The molecular formula is C10H12N4OS. The van der Waals surface area contributed by atoms with E-state index in [4.69, 9.17) is 0 Å². The van der Waals surface area contributed by atoms with Crippen LogP contribution in [0.5, 0.6) is 0 Å². The third-order valence-corrected chi connectivity index (χ3v) is 3.55. The molecule has 6 heteroatoms. The molecule has 16 heavy (non-hydrogen) atoms. The highest BCUT2D eigenvalue weighted by Gasteiger charge is 2.26. The van der Waals surface area contributed by atoms with Crippen molar-refractivity contribution in [2.75, 3.05) is 6.54 Å². The minimum atomic E-state index is -0.278. The van der Waals surface area contributed by atoms with E-state index in [1.54, 1.807) is 11.3 Å². The van der Waals surface area contributed by atoms with Crippen molar-refractivity contribution in [3.05, 3.63) is 23.3 Å². The van der Waals surface area contributed by atoms with Crippen molar-refractivity contribution in [2.24, 2.45) is 0 Å². The lowest BCUT2D eigenvalue weighted by Crippen LogP contribution is -2.15. The van der Waals surface area contributed by atoms with E-state index >= 15 is 0 Å². The minimum absolute atomic E-state index is 0.0937. The van der Waals surface area contributed by atoms with Crippen molar-refractivity contribution in [3.63, 3.8) is 0 Å². The number of hydrogen-bond donors (Lipinski definition) is 3. The average molecular weight is 236 g/mol. The van der Waals surface area contributed by atoms with E-state index in [1.807, 2.05) is 17.5 Å². The number of aliphatic hydroxyl groups excluding tert-OH is 1. The van der Waals surface area contributed by atoms with E-state index < -0.39 is 0 Å². The molecule has 2 atom stereocenters. The van der Waals surface area contributed by atoms with E-state index in [2.05, 4.69) is 20.5 Å². The molecule has 84 valence electrons. The van der Waals surface area contributed by atoms with E-state index in [1.165, 1.54) is 0 Å². The van der Waals surface area contributed by atoms with Gasteiger partial charge < -0.3 is 10.4 Å². The molecule has 3 rings (SSSR count). The molecule has 0 radical (unpaired) electrons. The molecule has 3 N–H and O–H groups in total. The third-order valence-electron chi connectivity index (χ3n) is 2.68. The normalized spacial score (nSPS) is 25.1. The largest absolute Gasteiger partial charge is 0.392 e. The number of nitrogens with zero attached hydrogens (tertiary/aromatic N) is 2. The number of hydrogen-bond acceptors (Lipinski definition) is 5. The van der Waals surface area contributed by atoms with Gasteiger partial charge in [-0.15, -0.1) is 11.3 Å². The maximum absolute atomic E-state index is 9.43. The summed E-state index contributed by atoms with van der Waals surface area (Å²) in [6.45, 7) is 0.625. The number of aliphatic hydroxyl groups is 1. The van der Waals surface area contributed by atoms with Gasteiger partial charge in [-0.05, 0) is 17.9 Å². The molecule has 2 aromatic heterocycles. The summed E-state index contributed by atoms with van der Waals surface area (Å²) < 4.78 is 0. The molecule has 3 heterocycles. The Balaban J connectivity index is 1.83. The van der Waals surface area contributed by atoms with Gasteiger partial charge in [0, 0.05) is 6.54 Å². The predicted molar refractivity (Wildman–Crippen MR) is 61.1 cm³/mol. The molecule has 1 aliphatic heterocycles. The van der Waals surface area contributed by atoms with Crippen molar-refractivity contribution >= 4 is 11.3 Å². The zero-order valence-electron chi connectivity index (χ0n) is 8.55. The summed E-state index contributed by atoms with van der Waals surface area (Å²) >= 11 is 1.62. The number of thiophene rings is 1. The van der Waals surface area contributed by atoms with Gasteiger partial charge in [0.1, 0.15) is 5.82 Å². The van der Waals surface area contributed by atoms with Crippen LogP contribution in [0.2, 0.25) is 0 Å². The van der Waals surface area contributed by atoms with Crippen LogP contribution in [0.25, 0.3) is 10.7 Å². The van der Waals surface area contributed by atoms with Crippen molar-refractivity contribution in [1.82, 2.24) is 20.5 Å². The fraction of sp³-hybridized carbons (Fsp3) is 0.400. The fourth-order valence-corrected chi connectivity index (χ4v) is 2.53. The molecule has 0 bridgehead atoms. The molecule has 2 aromatic rings. The van der Waals surface area contributed by atoms with Crippen molar-refractivity contribution < 1.29 is 5.11 Å². The summed E-state index contributed by atoms with van der Waals surface area (Å²) in [5.41, 5.74) is 0. The summed E-state index contributed by atoms with van der Waals surface area (Å²) in [4.78, 5) is 5.50. The van der Waals surface area contributed by atoms with Crippen LogP contribution >= 0.6 is 11.3 Å². The molecular weight excluding hydrogens is 224 g/mol. The maximum Gasteiger partial charge on any atom is 0.191 e. The molecule has 0 aromatic carbocycles. The Morgan fingerprint density at radius 2 is 2.44 bits per heavy atom. The minimum Gasteiger partial charge on any atom is -0.392 e. The summed E-state index contributed by atoms with van der Waals surface area (Å²) in [7, 11) is 0. The van der Waals surface area contributed by atoms with Crippen LogP contribution < -0.4 is 5.32 Å². The van der Waals surface area contributed by atoms with Gasteiger partial charge in [0.2, 0.25) is 0 Å². The second-order valence-corrected chi connectivity index (χ2v) is 4.82. The number of H-pyrrole nitrogens is 1. The summed E-state index contributed by atoms with van der Waals surface area (Å²) in [6.07, 6.45) is 0.416. The first-order valence-electron chi connectivity index (χ1n) is 5.20. The van der Waals surface area contributed by atoms with E-state index in [9.17, 15) is 5.11 Å². The molecule has 5 nitrogen and oxygen atoms in total. The summed E-state index contributed by atoms with van der Waals surface area (Å²) in [5.74, 6) is 1.54. The molecule has 1 aliphatic rings. The average Bonchev–Trinajstić information content (AvgIpc) is 2.97. The second kappa shape index (κ2) is 3.97. The quantitative estimate of drug-likeness (QED) is 0.725. The number of rotatable bonds is 2. The lowest BCUT2D eigenvalue weighted by atomic mass is 10.2. The van der Waals surface area contributed by atoms with Crippen LogP contribution in [0.15, 0.2) is 17.5 Å². The Morgan fingerprint density at radius 1 is 1.50 bits per heavy atom. The van der Waals surface area contributed by atoms with Crippen molar-refractivity contribution in [2.45, 2.75) is 18.6 Å². The van der Waals surface area contributed by atoms with Crippen LogP contribution in [-0.2, 0) is 0 Å². The second-order valence-electron chi connectivity index (χ2n) is 3.87. The first kappa shape index (κ1) is 9.95. The zero-order chi connectivity index (χ0) is 11.0. The predicted octanol–water partition coefficient (Wildman–Crippen LogP) is 0.928. The lowest BCUT2D eigenvalue weighted by Gasteiger charge is -2.03. The van der Waals surface area contributed by atoms with Crippen LogP contribution in [-0.4, -0.2) is 32.9 Å². The maximum atomic E-state index is 9.43. The van der Waals surface area contributed by atoms with Gasteiger partial charge in [-0.3, -0.25) is 5.10 Å². The highest BCUT2D eigenvalue weighted by atomic mass is 32.1. The fourth-order valence-electron chi connectivity index (χ4n) is 1.87. The number of β-amino-alcohol motifs (C(OH)–C–C–N with tert-alkyl or cyclic N) is 1. The first-order valence-corrected chi connectivity index (χ1v) is 6.08. The zero-order valence-corrected chi connectivity index (χ0v) is 9.37. The van der Waals surface area contributed by atoms with Crippen LogP contribution in [0.4, 0.5) is 0 Å². The Bertz CT molecular complexity index is 467. The Hall–Kier alpha value is -1.24. The third kappa shape index (κ3) is 1.75. The topological polar surface area (TPSA) is 73.8 Å². The van der Waals surface area contributed by atoms with Gasteiger partial charge in [0.25, 0.3) is 0 Å². The van der Waals surface area contributed by atoms with E-state index in [0.717, 1.165) is 16.5 Å². The van der Waals surface area contributed by atoms with Crippen LogP contribution in [0.1, 0.15) is 18.3 Å². The Morgan fingerprint density at radius 3 is 3.12 bits per heavy atom. The monoisotopic (exact) mass is 236 g/mol. The molecule has 0 aliphatic carbocycles. The highest BCUT2D eigenvalue weighted by Crippen LogP contribution is 2.24. The van der Waals surface area contributed by atoms with Crippen LogP contribution in [0, 0.1) is 0 Å². The van der Waals surface area contributed by atoms with Gasteiger partial charge in [-0.1, -0.05) is 6.07 Å². The van der Waals surface area contributed by atoms with Gasteiger partial charge in [0.15, 0.2) is 5.82 Å². The van der Waals surface area contributed by atoms with E-state index in [0.29, 0.717) is 13.0 Å². The van der Waals surface area contributed by atoms with E-state index in [-0.39, 0.29) is 12.1 Å². The number of nitrogens with one attached hydrogen (secondary N) is 2.